The molecule has 0 spiro atoms. The van der Waals surface area contributed by atoms with Crippen LogP contribution in [0.1, 0.15) is 55.5 Å². The maximum Gasteiger partial charge on any atom is 0.310 e. The third kappa shape index (κ3) is 5.85. The molecule has 0 aliphatic heterocycles. The molecule has 0 saturated heterocycles. The Morgan fingerprint density at radius 1 is 1.26 bits per heavy atom. The zero-order valence-corrected chi connectivity index (χ0v) is 18.5. The monoisotopic (exact) mass is 445 g/mol. The second-order valence-electron chi connectivity index (χ2n) is 8.05. The molecule has 1 aliphatic rings. The van der Waals surface area contributed by atoms with Gasteiger partial charge in [-0.25, -0.2) is 9.97 Å². The maximum atomic E-state index is 12.5. The molecule has 1 fully saturated rings. The van der Waals surface area contributed by atoms with Crippen molar-refractivity contribution in [2.75, 3.05) is 24.2 Å². The van der Waals surface area contributed by atoms with Crippen molar-refractivity contribution < 1.29 is 14.7 Å². The Hall–Kier alpha value is -2.87. The van der Waals surface area contributed by atoms with Gasteiger partial charge >= 0.3 is 5.97 Å². The molecule has 1 aromatic carbocycles. The summed E-state index contributed by atoms with van der Waals surface area (Å²) in [6.07, 6.45) is 4.62. The highest BCUT2D eigenvalue weighted by atomic mass is 35.5. The normalized spacial score (nSPS) is 14.9. The number of hydrogen-bond donors (Lipinski definition) is 3. The van der Waals surface area contributed by atoms with E-state index in [1.54, 1.807) is 24.1 Å². The lowest BCUT2D eigenvalue weighted by molar-refractivity contribution is -0.138. The molecule has 8 nitrogen and oxygen atoms in total. The number of likely N-dealkylation sites (N-methyl/N-ethyl adjacent to an activating group) is 1. The van der Waals surface area contributed by atoms with E-state index in [-0.39, 0.29) is 23.6 Å². The van der Waals surface area contributed by atoms with E-state index >= 15 is 0 Å². The molecular weight excluding hydrogens is 418 g/mol. The summed E-state index contributed by atoms with van der Waals surface area (Å²) in [4.78, 5) is 34.8. The lowest BCUT2D eigenvalue weighted by atomic mass is 10.0. The van der Waals surface area contributed by atoms with Crippen molar-refractivity contribution in [1.29, 1.82) is 0 Å². The number of aromatic nitrogens is 2. The van der Waals surface area contributed by atoms with E-state index in [0.717, 1.165) is 31.2 Å². The van der Waals surface area contributed by atoms with Gasteiger partial charge in [0.15, 0.2) is 0 Å². The maximum absolute atomic E-state index is 12.5. The van der Waals surface area contributed by atoms with E-state index in [2.05, 4.69) is 15.3 Å². The number of amides is 1. The van der Waals surface area contributed by atoms with Gasteiger partial charge in [-0.15, -0.1) is 0 Å². The molecule has 1 heterocycles. The topological polar surface area (TPSA) is 121 Å². The number of benzene rings is 1. The summed E-state index contributed by atoms with van der Waals surface area (Å²) in [7, 11) is 1.71. The standard InChI is InChI=1S/C22H28ClN5O3/c1-13(22(30)31)19-20(23)26-17(11-14-7-9-15(24)10-8-14)27-21(19)28(2)12-18(29)25-16-5-3-4-6-16/h7-10,13,16H,3-6,11-12,24H2,1-2H3,(H,25,29)(H,30,31). The molecule has 4 N–H and O–H groups in total. The number of nitrogen functional groups attached to an aromatic ring is 1. The number of carboxylic acids is 1. The molecule has 1 atom stereocenters. The fraction of sp³-hybridized carbons (Fsp3) is 0.455. The van der Waals surface area contributed by atoms with Crippen LogP contribution in [0.25, 0.3) is 0 Å². The summed E-state index contributed by atoms with van der Waals surface area (Å²) in [5.74, 6) is -1.30. The largest absolute Gasteiger partial charge is 0.481 e. The molecule has 166 valence electrons. The molecule has 1 aliphatic carbocycles. The van der Waals surface area contributed by atoms with Crippen LogP contribution < -0.4 is 16.0 Å². The Morgan fingerprint density at radius 2 is 1.90 bits per heavy atom. The zero-order valence-electron chi connectivity index (χ0n) is 17.8. The van der Waals surface area contributed by atoms with Gasteiger partial charge in [-0.05, 0) is 37.5 Å². The number of carboxylic acid groups (broad SMARTS) is 1. The Balaban J connectivity index is 1.87. The Morgan fingerprint density at radius 3 is 2.52 bits per heavy atom. The molecule has 2 aromatic rings. The van der Waals surface area contributed by atoms with Crippen molar-refractivity contribution in [3.8, 4) is 0 Å². The molecular formula is C22H28ClN5O3. The Kier molecular flexibility index (Phi) is 7.33. The van der Waals surface area contributed by atoms with Crippen molar-refractivity contribution in [1.82, 2.24) is 15.3 Å². The Labute approximate surface area is 186 Å². The number of rotatable bonds is 8. The van der Waals surface area contributed by atoms with Gasteiger partial charge in [0.25, 0.3) is 0 Å². The van der Waals surface area contributed by atoms with Crippen molar-refractivity contribution in [2.45, 2.75) is 51.0 Å². The van der Waals surface area contributed by atoms with Crippen LogP contribution in [0.15, 0.2) is 24.3 Å². The van der Waals surface area contributed by atoms with Crippen molar-refractivity contribution in [3.63, 3.8) is 0 Å². The van der Waals surface area contributed by atoms with Gasteiger partial charge in [-0.2, -0.15) is 0 Å². The van der Waals surface area contributed by atoms with E-state index < -0.39 is 11.9 Å². The summed E-state index contributed by atoms with van der Waals surface area (Å²) in [5, 5.41) is 12.7. The smallest absolute Gasteiger partial charge is 0.310 e. The number of halogens is 1. The van der Waals surface area contributed by atoms with Gasteiger partial charge in [0.2, 0.25) is 5.91 Å². The van der Waals surface area contributed by atoms with Gasteiger partial charge in [0.1, 0.15) is 16.8 Å². The van der Waals surface area contributed by atoms with Gasteiger partial charge in [-0.3, -0.25) is 9.59 Å². The molecule has 1 amide bonds. The molecule has 0 bridgehead atoms. The average Bonchev–Trinajstić information content (AvgIpc) is 3.21. The van der Waals surface area contributed by atoms with Crippen LogP contribution in [0.3, 0.4) is 0 Å². The highest BCUT2D eigenvalue weighted by Crippen LogP contribution is 2.32. The highest BCUT2D eigenvalue weighted by Gasteiger charge is 2.27. The number of carbonyl (C=O) groups excluding carboxylic acids is 1. The van der Waals surface area contributed by atoms with E-state index in [1.807, 2.05) is 12.1 Å². The van der Waals surface area contributed by atoms with Crippen LogP contribution in [-0.4, -0.2) is 46.6 Å². The first kappa shape index (κ1) is 22.8. The third-order valence-corrected chi connectivity index (χ3v) is 5.82. The Bertz CT molecular complexity index is 945. The van der Waals surface area contributed by atoms with Crippen LogP contribution in [-0.2, 0) is 16.0 Å². The minimum Gasteiger partial charge on any atom is -0.481 e. The lowest BCUT2D eigenvalue weighted by Crippen LogP contribution is -2.40. The van der Waals surface area contributed by atoms with E-state index in [4.69, 9.17) is 17.3 Å². The van der Waals surface area contributed by atoms with E-state index in [9.17, 15) is 14.7 Å². The van der Waals surface area contributed by atoms with Gasteiger partial charge in [0.05, 0.1) is 12.5 Å². The lowest BCUT2D eigenvalue weighted by Gasteiger charge is -2.24. The summed E-state index contributed by atoms with van der Waals surface area (Å²) in [6.45, 7) is 1.58. The van der Waals surface area contributed by atoms with Gasteiger partial charge < -0.3 is 21.1 Å². The predicted molar refractivity (Wildman–Crippen MR) is 120 cm³/mol. The number of hydrogen-bond acceptors (Lipinski definition) is 6. The summed E-state index contributed by atoms with van der Waals surface area (Å²) in [5.41, 5.74) is 7.64. The van der Waals surface area contributed by atoms with Crippen LogP contribution in [0, 0.1) is 0 Å². The molecule has 1 unspecified atom stereocenters. The first-order valence-electron chi connectivity index (χ1n) is 10.4. The van der Waals surface area contributed by atoms with Crippen LogP contribution in [0.4, 0.5) is 11.5 Å². The fourth-order valence-corrected chi connectivity index (χ4v) is 4.14. The van der Waals surface area contributed by atoms with Crippen molar-refractivity contribution >= 4 is 35.0 Å². The number of aliphatic carboxylic acids is 1. The number of nitrogens with zero attached hydrogens (tertiary/aromatic N) is 3. The predicted octanol–water partition coefficient (Wildman–Crippen LogP) is 2.99. The van der Waals surface area contributed by atoms with Crippen LogP contribution in [0.5, 0.6) is 0 Å². The molecule has 9 heteroatoms. The number of carbonyl (C=O) groups is 2. The number of anilines is 2. The molecule has 31 heavy (non-hydrogen) atoms. The molecule has 0 radical (unpaired) electrons. The minimum atomic E-state index is -1.04. The van der Waals surface area contributed by atoms with Crippen molar-refractivity contribution in [2.24, 2.45) is 0 Å². The van der Waals surface area contributed by atoms with Gasteiger partial charge in [-0.1, -0.05) is 36.6 Å². The third-order valence-electron chi connectivity index (χ3n) is 5.53. The van der Waals surface area contributed by atoms with Crippen LogP contribution in [0.2, 0.25) is 5.15 Å². The molecule has 1 aromatic heterocycles. The SMILES string of the molecule is CC(C(=O)O)c1c(Cl)nc(Cc2ccc(N)cc2)nc1N(C)CC(=O)NC1CCCC1. The fourth-order valence-electron chi connectivity index (χ4n) is 3.79. The average molecular weight is 446 g/mol. The molecule has 1 saturated carbocycles. The van der Waals surface area contributed by atoms with Crippen molar-refractivity contribution in [3.05, 3.63) is 46.4 Å². The first-order valence-corrected chi connectivity index (χ1v) is 10.8. The number of nitrogens with two attached hydrogens (primary N) is 1. The van der Waals surface area contributed by atoms with E-state index in [1.165, 1.54) is 6.92 Å². The zero-order chi connectivity index (χ0) is 22.5. The van der Waals surface area contributed by atoms with Crippen LogP contribution >= 0.6 is 11.6 Å². The second-order valence-corrected chi connectivity index (χ2v) is 8.41. The van der Waals surface area contributed by atoms with Gasteiger partial charge in [0, 0.05) is 30.8 Å². The quantitative estimate of drug-likeness (QED) is 0.421. The first-order chi connectivity index (χ1) is 14.7. The number of nitrogens with one attached hydrogen (secondary N) is 1. The summed E-state index contributed by atoms with van der Waals surface area (Å²) >= 11 is 6.42. The highest BCUT2D eigenvalue weighted by molar-refractivity contribution is 6.30. The molecule has 3 rings (SSSR count). The second kappa shape index (κ2) is 9.96. The minimum absolute atomic E-state index is 0.0461. The summed E-state index contributed by atoms with van der Waals surface area (Å²) in [6, 6.07) is 7.53. The van der Waals surface area contributed by atoms with E-state index in [0.29, 0.717) is 29.3 Å². The summed E-state index contributed by atoms with van der Waals surface area (Å²) < 4.78 is 0.